The van der Waals surface area contributed by atoms with Crippen LogP contribution in [-0.2, 0) is 4.65 Å². The maximum Gasteiger partial charge on any atom is 0.299 e. The van der Waals surface area contributed by atoms with Gasteiger partial charge in [0.15, 0.2) is 0 Å². The van der Waals surface area contributed by atoms with Crippen molar-refractivity contribution in [3.05, 3.63) is 0 Å². The Morgan fingerprint density at radius 1 is 1.19 bits per heavy atom. The Balaban J connectivity index is 1.92. The first kappa shape index (κ1) is 12.5. The van der Waals surface area contributed by atoms with E-state index in [1.165, 1.54) is 25.7 Å². The molecule has 0 spiro atoms. The minimum absolute atomic E-state index is 0.0583. The highest BCUT2D eigenvalue weighted by Crippen LogP contribution is 2.68. The molecule has 2 fully saturated rings. The maximum atomic E-state index is 6.31. The van der Waals surface area contributed by atoms with E-state index in [2.05, 4.69) is 35.2 Å². The summed E-state index contributed by atoms with van der Waals surface area (Å²) >= 11 is 0. The molecule has 2 aliphatic carbocycles. The van der Waals surface area contributed by atoms with Gasteiger partial charge in [-0.1, -0.05) is 51.3 Å². The highest BCUT2D eigenvalue weighted by molar-refractivity contribution is 6.34. The second-order valence-corrected chi connectivity index (χ2v) is 6.90. The lowest BCUT2D eigenvalue weighted by Gasteiger charge is -2.34. The fraction of sp³-hybridized carbons (Fsp3) is 1.00. The highest BCUT2D eigenvalue weighted by atomic mass is 16.5. The Hall–Kier alpha value is 0.0899. The smallest absolute Gasteiger partial charge is 0.299 e. The van der Waals surface area contributed by atoms with Crippen LogP contribution in [0.25, 0.3) is 0 Å². The van der Waals surface area contributed by atoms with Crippen LogP contribution >= 0.6 is 0 Å². The molecule has 0 aliphatic heterocycles. The summed E-state index contributed by atoms with van der Waals surface area (Å²) in [6.45, 7) is 8.76. The van der Waals surface area contributed by atoms with Crippen LogP contribution in [0.5, 0.6) is 0 Å². The molecular weight excluding hydrogens is 194 g/mol. The molecule has 2 bridgehead atoms. The van der Waals surface area contributed by atoms with Gasteiger partial charge in [0.25, 0.3) is 7.48 Å². The molecule has 87 valence electrons. The molecule has 16 heavy (non-hydrogen) atoms. The van der Waals surface area contributed by atoms with E-state index in [0.29, 0.717) is 11.2 Å². The van der Waals surface area contributed by atoms with Gasteiger partial charge in [-0.2, -0.15) is 0 Å². The van der Waals surface area contributed by atoms with Gasteiger partial charge in [0.05, 0.1) is 7.85 Å². The minimum Gasteiger partial charge on any atom is -0.435 e. The summed E-state index contributed by atoms with van der Waals surface area (Å²) < 4.78 is 6.06. The van der Waals surface area contributed by atoms with Gasteiger partial charge in [-0.25, -0.2) is 0 Å². The first-order valence-electron chi connectivity index (χ1n) is 6.58. The van der Waals surface area contributed by atoms with E-state index >= 15 is 0 Å². The van der Waals surface area contributed by atoms with Crippen molar-refractivity contribution in [1.82, 2.24) is 0 Å². The van der Waals surface area contributed by atoms with Crippen molar-refractivity contribution >= 4 is 15.3 Å². The van der Waals surface area contributed by atoms with Crippen LogP contribution in [-0.4, -0.2) is 20.9 Å². The zero-order valence-corrected chi connectivity index (χ0v) is 11.2. The molecule has 0 saturated heterocycles. The van der Waals surface area contributed by atoms with E-state index in [9.17, 15) is 0 Å². The third-order valence-electron chi connectivity index (χ3n) is 4.95. The summed E-state index contributed by atoms with van der Waals surface area (Å²) in [5, 5.41) is 0.419. The van der Waals surface area contributed by atoms with Gasteiger partial charge >= 0.3 is 0 Å². The van der Waals surface area contributed by atoms with Crippen molar-refractivity contribution in [2.75, 3.05) is 0 Å². The van der Waals surface area contributed by atoms with Crippen molar-refractivity contribution in [2.24, 2.45) is 5.92 Å². The van der Waals surface area contributed by atoms with Crippen molar-refractivity contribution in [2.45, 2.75) is 76.0 Å². The molecule has 0 N–H and O–H groups in total. The lowest BCUT2D eigenvalue weighted by molar-refractivity contribution is 0.0584. The Labute approximate surface area is 102 Å². The standard InChI is InChI=1S/C13H23B2O/c1-10(2)11(3,4)16-15-13-7-5-12(14,9-13)6-8-13/h10H,5-9H2,1-4H3. The quantitative estimate of drug-likeness (QED) is 0.654. The highest BCUT2D eigenvalue weighted by Gasteiger charge is 2.52. The summed E-state index contributed by atoms with van der Waals surface area (Å²) in [7, 11) is 8.44. The van der Waals surface area contributed by atoms with Gasteiger partial charge in [-0.05, 0) is 25.1 Å². The second-order valence-electron chi connectivity index (χ2n) is 6.90. The molecule has 2 aliphatic rings. The lowest BCUT2D eigenvalue weighted by atomic mass is 9.61. The predicted octanol–water partition coefficient (Wildman–Crippen LogP) is 3.52. The second kappa shape index (κ2) is 3.80. The molecule has 0 heterocycles. The molecule has 3 radical (unpaired) electrons. The Morgan fingerprint density at radius 2 is 1.75 bits per heavy atom. The fourth-order valence-corrected chi connectivity index (χ4v) is 2.87. The molecule has 0 unspecified atom stereocenters. The molecular formula is C13H23B2O. The SMILES string of the molecule is [B]C12CCC([B]OC(C)(C)C(C)C)(CC1)C2. The molecule has 2 rings (SSSR count). The maximum absolute atomic E-state index is 6.31. The van der Waals surface area contributed by atoms with Crippen molar-refractivity contribution in [3.8, 4) is 0 Å². The molecule has 0 atom stereocenters. The number of fused-ring (bicyclic) bond motifs is 2. The van der Waals surface area contributed by atoms with Gasteiger partial charge in [0.2, 0.25) is 0 Å². The average Bonchev–Trinajstić information content (AvgIpc) is 2.69. The number of hydrogen-bond donors (Lipinski definition) is 0. The Morgan fingerprint density at radius 3 is 2.12 bits per heavy atom. The number of hydrogen-bond acceptors (Lipinski definition) is 1. The largest absolute Gasteiger partial charge is 0.435 e. The van der Waals surface area contributed by atoms with Crippen LogP contribution < -0.4 is 0 Å². The molecule has 0 aromatic carbocycles. The van der Waals surface area contributed by atoms with E-state index < -0.39 is 0 Å². The molecule has 0 amide bonds. The zero-order valence-electron chi connectivity index (χ0n) is 11.2. The monoisotopic (exact) mass is 217 g/mol. The van der Waals surface area contributed by atoms with Crippen molar-refractivity contribution in [1.29, 1.82) is 0 Å². The van der Waals surface area contributed by atoms with E-state index in [4.69, 9.17) is 12.5 Å². The van der Waals surface area contributed by atoms with Gasteiger partial charge in [-0.15, -0.1) is 0 Å². The van der Waals surface area contributed by atoms with Crippen LogP contribution in [0.3, 0.4) is 0 Å². The van der Waals surface area contributed by atoms with E-state index in [0.717, 1.165) is 6.42 Å². The zero-order chi connectivity index (χ0) is 12.0. The average molecular weight is 217 g/mol. The van der Waals surface area contributed by atoms with Crippen molar-refractivity contribution < 1.29 is 4.65 Å². The molecule has 1 nitrogen and oxygen atoms in total. The third kappa shape index (κ3) is 2.20. The van der Waals surface area contributed by atoms with Crippen LogP contribution in [0.1, 0.15) is 59.8 Å². The summed E-state index contributed by atoms with van der Waals surface area (Å²) in [4.78, 5) is 0. The van der Waals surface area contributed by atoms with Gasteiger partial charge in [-0.3, -0.25) is 0 Å². The lowest BCUT2D eigenvalue weighted by Crippen LogP contribution is -2.35. The normalized spacial score (nSPS) is 38.3. The van der Waals surface area contributed by atoms with E-state index in [1.54, 1.807) is 0 Å². The van der Waals surface area contributed by atoms with Crippen LogP contribution in [0, 0.1) is 5.92 Å². The first-order valence-corrected chi connectivity index (χ1v) is 6.58. The Bertz CT molecular complexity index is 265. The fourth-order valence-electron chi connectivity index (χ4n) is 2.87. The summed E-state index contributed by atoms with van der Waals surface area (Å²) in [6.07, 6.45) is 5.92. The van der Waals surface area contributed by atoms with Crippen LogP contribution in [0.4, 0.5) is 0 Å². The summed E-state index contributed by atoms with van der Waals surface area (Å²) in [5.74, 6) is 0.533. The van der Waals surface area contributed by atoms with Gasteiger partial charge in [0, 0.05) is 5.60 Å². The van der Waals surface area contributed by atoms with E-state index in [1.807, 2.05) is 0 Å². The van der Waals surface area contributed by atoms with Gasteiger partial charge < -0.3 is 4.65 Å². The summed E-state index contributed by atoms with van der Waals surface area (Å²) in [5.41, 5.74) is -0.0583. The molecule has 2 saturated carbocycles. The topological polar surface area (TPSA) is 9.23 Å². The van der Waals surface area contributed by atoms with Gasteiger partial charge in [0.1, 0.15) is 0 Å². The van der Waals surface area contributed by atoms with Crippen LogP contribution in [0.15, 0.2) is 0 Å². The van der Waals surface area contributed by atoms with E-state index in [-0.39, 0.29) is 10.9 Å². The molecule has 3 heteroatoms. The third-order valence-corrected chi connectivity index (χ3v) is 4.95. The Kier molecular flexibility index (Phi) is 2.98. The van der Waals surface area contributed by atoms with Crippen LogP contribution in [0.2, 0.25) is 10.6 Å². The first-order chi connectivity index (χ1) is 7.27. The number of rotatable bonds is 4. The minimum atomic E-state index is -0.0583. The molecule has 0 aromatic heterocycles. The predicted molar refractivity (Wildman–Crippen MR) is 70.0 cm³/mol. The summed E-state index contributed by atoms with van der Waals surface area (Å²) in [6, 6.07) is 0. The van der Waals surface area contributed by atoms with Crippen molar-refractivity contribution in [3.63, 3.8) is 0 Å². The molecule has 0 aromatic rings.